The Bertz CT molecular complexity index is 603. The molecule has 25 heavy (non-hydrogen) atoms. The highest BCUT2D eigenvalue weighted by Crippen LogP contribution is 2.21. The van der Waals surface area contributed by atoms with Crippen LogP contribution in [0.2, 0.25) is 0 Å². The number of hydrogen-bond acceptors (Lipinski definition) is 3. The summed E-state index contributed by atoms with van der Waals surface area (Å²) in [6, 6.07) is 8.11. The molecule has 1 aromatic carbocycles. The van der Waals surface area contributed by atoms with Gasteiger partial charge in [0.25, 0.3) is 0 Å². The van der Waals surface area contributed by atoms with E-state index in [-0.39, 0.29) is 11.8 Å². The molecule has 0 bridgehead atoms. The van der Waals surface area contributed by atoms with Gasteiger partial charge in [-0.3, -0.25) is 14.5 Å². The summed E-state index contributed by atoms with van der Waals surface area (Å²) >= 11 is 0. The molecule has 0 aliphatic carbocycles. The average molecular weight is 343 g/mol. The van der Waals surface area contributed by atoms with E-state index in [2.05, 4.69) is 23.2 Å². The van der Waals surface area contributed by atoms with Crippen molar-refractivity contribution in [1.29, 1.82) is 0 Å². The fourth-order valence-corrected chi connectivity index (χ4v) is 3.79. The highest BCUT2D eigenvalue weighted by atomic mass is 16.2. The molecular weight excluding hydrogens is 314 g/mol. The number of nitrogens with one attached hydrogen (secondary N) is 1. The van der Waals surface area contributed by atoms with Crippen LogP contribution in [0, 0.1) is 12.8 Å². The third-order valence-electron chi connectivity index (χ3n) is 5.46. The van der Waals surface area contributed by atoms with Crippen molar-refractivity contribution in [2.24, 2.45) is 5.92 Å². The second kappa shape index (κ2) is 8.48. The van der Waals surface area contributed by atoms with Gasteiger partial charge in [0.2, 0.25) is 11.8 Å². The molecule has 0 aromatic heterocycles. The molecule has 0 spiro atoms. The summed E-state index contributed by atoms with van der Waals surface area (Å²) in [5.74, 6) is 0.554. The fraction of sp³-hybridized carbons (Fsp3) is 0.600. The topological polar surface area (TPSA) is 52.7 Å². The van der Waals surface area contributed by atoms with Gasteiger partial charge in [0, 0.05) is 25.6 Å². The van der Waals surface area contributed by atoms with Crippen LogP contribution in [0.4, 0.5) is 0 Å². The van der Waals surface area contributed by atoms with Gasteiger partial charge in [-0.15, -0.1) is 0 Å². The third kappa shape index (κ3) is 4.82. The SMILES string of the molecule is Cc1ccccc1CNC(=O)CN1CCC(C(=O)N2CCCC2)CC1. The number of likely N-dealkylation sites (tertiary alicyclic amines) is 2. The predicted molar refractivity (Wildman–Crippen MR) is 98.0 cm³/mol. The van der Waals surface area contributed by atoms with Crippen LogP contribution in [-0.4, -0.2) is 54.3 Å². The Morgan fingerprint density at radius 2 is 1.76 bits per heavy atom. The van der Waals surface area contributed by atoms with E-state index in [0.29, 0.717) is 19.0 Å². The Kier molecular flexibility index (Phi) is 6.08. The third-order valence-corrected chi connectivity index (χ3v) is 5.46. The van der Waals surface area contributed by atoms with Crippen LogP contribution in [0.15, 0.2) is 24.3 Å². The molecule has 3 rings (SSSR count). The van der Waals surface area contributed by atoms with Crippen molar-refractivity contribution in [3.8, 4) is 0 Å². The first-order valence-electron chi connectivity index (χ1n) is 9.46. The quantitative estimate of drug-likeness (QED) is 0.889. The zero-order valence-corrected chi connectivity index (χ0v) is 15.2. The molecule has 5 nitrogen and oxygen atoms in total. The molecule has 0 unspecified atom stereocenters. The molecule has 0 radical (unpaired) electrons. The Balaban J connectivity index is 1.39. The molecular formula is C20H29N3O2. The Morgan fingerprint density at radius 3 is 2.44 bits per heavy atom. The van der Waals surface area contributed by atoms with Crippen molar-refractivity contribution in [2.45, 2.75) is 39.2 Å². The molecule has 2 amide bonds. The number of nitrogens with zero attached hydrogens (tertiary/aromatic N) is 2. The molecule has 1 N–H and O–H groups in total. The van der Waals surface area contributed by atoms with E-state index in [1.807, 2.05) is 23.1 Å². The average Bonchev–Trinajstić information content (AvgIpc) is 3.16. The summed E-state index contributed by atoms with van der Waals surface area (Å²) in [6.45, 7) is 6.60. The molecule has 2 heterocycles. The molecule has 2 aliphatic rings. The molecule has 136 valence electrons. The van der Waals surface area contributed by atoms with Crippen LogP contribution in [0.1, 0.15) is 36.8 Å². The summed E-state index contributed by atoms with van der Waals surface area (Å²) in [7, 11) is 0. The maximum atomic E-state index is 12.4. The van der Waals surface area contributed by atoms with E-state index < -0.39 is 0 Å². The lowest BCUT2D eigenvalue weighted by Crippen LogP contribution is -2.44. The number of aryl methyl sites for hydroxylation is 1. The first-order chi connectivity index (χ1) is 12.1. The minimum atomic E-state index is 0.0626. The van der Waals surface area contributed by atoms with Crippen molar-refractivity contribution in [3.05, 3.63) is 35.4 Å². The molecule has 2 saturated heterocycles. The smallest absolute Gasteiger partial charge is 0.234 e. The van der Waals surface area contributed by atoms with E-state index in [9.17, 15) is 9.59 Å². The highest BCUT2D eigenvalue weighted by molar-refractivity contribution is 5.79. The second-order valence-corrected chi connectivity index (χ2v) is 7.29. The number of piperidine rings is 1. The normalized spacial score (nSPS) is 19.2. The first-order valence-corrected chi connectivity index (χ1v) is 9.46. The van der Waals surface area contributed by atoms with Gasteiger partial charge in [-0.1, -0.05) is 24.3 Å². The molecule has 2 aliphatic heterocycles. The summed E-state index contributed by atoms with van der Waals surface area (Å²) in [4.78, 5) is 28.8. The lowest BCUT2D eigenvalue weighted by atomic mass is 9.95. The lowest BCUT2D eigenvalue weighted by molar-refractivity contribution is -0.136. The van der Waals surface area contributed by atoms with E-state index in [0.717, 1.165) is 57.4 Å². The van der Waals surface area contributed by atoms with Crippen LogP contribution < -0.4 is 5.32 Å². The van der Waals surface area contributed by atoms with Gasteiger partial charge in [0.1, 0.15) is 0 Å². The minimum Gasteiger partial charge on any atom is -0.351 e. The Labute approximate surface area is 150 Å². The highest BCUT2D eigenvalue weighted by Gasteiger charge is 2.30. The van der Waals surface area contributed by atoms with Crippen molar-refractivity contribution in [2.75, 3.05) is 32.7 Å². The van der Waals surface area contributed by atoms with Gasteiger partial charge < -0.3 is 10.2 Å². The number of benzene rings is 1. The summed E-state index contributed by atoms with van der Waals surface area (Å²) in [5.41, 5.74) is 2.36. The summed E-state index contributed by atoms with van der Waals surface area (Å²) in [6.07, 6.45) is 4.04. The van der Waals surface area contributed by atoms with Crippen LogP contribution >= 0.6 is 0 Å². The van der Waals surface area contributed by atoms with E-state index >= 15 is 0 Å². The zero-order chi connectivity index (χ0) is 17.6. The van der Waals surface area contributed by atoms with Crippen molar-refractivity contribution >= 4 is 11.8 Å². The second-order valence-electron chi connectivity index (χ2n) is 7.29. The van der Waals surface area contributed by atoms with Crippen LogP contribution in [0.25, 0.3) is 0 Å². The lowest BCUT2D eigenvalue weighted by Gasteiger charge is -2.32. The van der Waals surface area contributed by atoms with E-state index in [1.165, 1.54) is 5.56 Å². The van der Waals surface area contributed by atoms with Gasteiger partial charge in [-0.05, 0) is 56.8 Å². The van der Waals surface area contributed by atoms with Gasteiger partial charge in [-0.25, -0.2) is 0 Å². The van der Waals surface area contributed by atoms with Crippen molar-refractivity contribution in [1.82, 2.24) is 15.1 Å². The van der Waals surface area contributed by atoms with Crippen LogP contribution in [0.5, 0.6) is 0 Å². The predicted octanol–water partition coefficient (Wildman–Crippen LogP) is 1.95. The van der Waals surface area contributed by atoms with Gasteiger partial charge in [0.15, 0.2) is 0 Å². The van der Waals surface area contributed by atoms with Crippen molar-refractivity contribution in [3.63, 3.8) is 0 Å². The molecule has 0 saturated carbocycles. The monoisotopic (exact) mass is 343 g/mol. The fourth-order valence-electron chi connectivity index (χ4n) is 3.79. The summed E-state index contributed by atoms with van der Waals surface area (Å²) in [5, 5.41) is 3.01. The zero-order valence-electron chi connectivity index (χ0n) is 15.2. The molecule has 1 aromatic rings. The van der Waals surface area contributed by atoms with Gasteiger partial charge >= 0.3 is 0 Å². The number of hydrogen-bond donors (Lipinski definition) is 1. The van der Waals surface area contributed by atoms with Gasteiger partial charge in [-0.2, -0.15) is 0 Å². The standard InChI is InChI=1S/C20H29N3O2/c1-16-6-2-3-7-18(16)14-21-19(24)15-22-12-8-17(9-13-22)20(25)23-10-4-5-11-23/h2-3,6-7,17H,4-5,8-15H2,1H3,(H,21,24). The Hall–Kier alpha value is -1.88. The van der Waals surface area contributed by atoms with E-state index in [4.69, 9.17) is 0 Å². The van der Waals surface area contributed by atoms with Gasteiger partial charge in [0.05, 0.1) is 6.54 Å². The molecule has 5 heteroatoms. The maximum absolute atomic E-state index is 12.4. The minimum absolute atomic E-state index is 0.0626. The molecule has 2 fully saturated rings. The first kappa shape index (κ1) is 17.9. The number of rotatable bonds is 5. The summed E-state index contributed by atoms with van der Waals surface area (Å²) < 4.78 is 0. The van der Waals surface area contributed by atoms with Crippen LogP contribution in [0.3, 0.4) is 0 Å². The number of carbonyl (C=O) groups excluding carboxylic acids is 2. The number of amides is 2. The largest absolute Gasteiger partial charge is 0.351 e. The maximum Gasteiger partial charge on any atom is 0.234 e. The Morgan fingerprint density at radius 1 is 1.08 bits per heavy atom. The molecule has 0 atom stereocenters. The number of carbonyl (C=O) groups is 2. The van der Waals surface area contributed by atoms with E-state index in [1.54, 1.807) is 0 Å². The van der Waals surface area contributed by atoms with Crippen molar-refractivity contribution < 1.29 is 9.59 Å². The van der Waals surface area contributed by atoms with Crippen LogP contribution in [-0.2, 0) is 16.1 Å².